The van der Waals surface area contributed by atoms with Gasteiger partial charge in [0.15, 0.2) is 0 Å². The Hall–Kier alpha value is -0.860. The lowest BCUT2D eigenvalue weighted by atomic mass is 9.80. The van der Waals surface area contributed by atoms with Crippen LogP contribution in [0, 0.1) is 5.92 Å². The molecule has 1 aromatic carbocycles. The highest BCUT2D eigenvalue weighted by Crippen LogP contribution is 2.32. The number of hydrogen-bond acceptors (Lipinski definition) is 2. The Kier molecular flexibility index (Phi) is 3.97. The van der Waals surface area contributed by atoms with E-state index in [0.29, 0.717) is 0 Å². The van der Waals surface area contributed by atoms with Gasteiger partial charge in [0.1, 0.15) is 0 Å². The molecule has 0 radical (unpaired) electrons. The molecule has 16 heavy (non-hydrogen) atoms. The summed E-state index contributed by atoms with van der Waals surface area (Å²) in [6.45, 7) is 5.18. The predicted octanol–water partition coefficient (Wildman–Crippen LogP) is 2.25. The molecule has 2 nitrogen and oxygen atoms in total. The fourth-order valence-electron chi connectivity index (χ4n) is 2.54. The monoisotopic (exact) mass is 218 g/mol. The van der Waals surface area contributed by atoms with Crippen molar-refractivity contribution in [3.8, 4) is 0 Å². The number of rotatable bonds is 5. The van der Waals surface area contributed by atoms with Crippen LogP contribution >= 0.6 is 0 Å². The summed E-state index contributed by atoms with van der Waals surface area (Å²) in [7, 11) is 0. The molecule has 88 valence electrons. The average Bonchev–Trinajstić information content (AvgIpc) is 2.29. The second-order valence-corrected chi connectivity index (χ2v) is 4.87. The molecular formula is C14H22N2. The van der Waals surface area contributed by atoms with Crippen LogP contribution in [-0.2, 0) is 6.54 Å². The summed E-state index contributed by atoms with van der Waals surface area (Å²) in [5, 5.41) is 0. The molecule has 2 N–H and O–H groups in total. The van der Waals surface area contributed by atoms with Crippen LogP contribution < -0.4 is 5.73 Å². The molecule has 0 bridgehead atoms. The topological polar surface area (TPSA) is 29.3 Å². The van der Waals surface area contributed by atoms with Gasteiger partial charge in [-0.05, 0) is 24.3 Å². The zero-order valence-corrected chi connectivity index (χ0v) is 10.1. The SMILES string of the molecule is CC1CCC1N(CCN)Cc1ccccc1. The summed E-state index contributed by atoms with van der Waals surface area (Å²) < 4.78 is 0. The molecule has 2 rings (SSSR count). The normalized spacial score (nSPS) is 24.4. The Balaban J connectivity index is 1.97. The first-order valence-corrected chi connectivity index (χ1v) is 6.29. The molecule has 1 fully saturated rings. The van der Waals surface area contributed by atoms with Gasteiger partial charge in [-0.1, -0.05) is 37.3 Å². The molecule has 2 unspecified atom stereocenters. The maximum absolute atomic E-state index is 5.70. The number of benzene rings is 1. The Morgan fingerprint density at radius 1 is 1.25 bits per heavy atom. The number of nitrogens with zero attached hydrogens (tertiary/aromatic N) is 1. The van der Waals surface area contributed by atoms with Crippen LogP contribution in [0.25, 0.3) is 0 Å². The van der Waals surface area contributed by atoms with Gasteiger partial charge >= 0.3 is 0 Å². The molecule has 2 atom stereocenters. The number of nitrogens with two attached hydrogens (primary N) is 1. The van der Waals surface area contributed by atoms with Gasteiger partial charge in [-0.2, -0.15) is 0 Å². The average molecular weight is 218 g/mol. The van der Waals surface area contributed by atoms with Crippen LogP contribution in [0.4, 0.5) is 0 Å². The lowest BCUT2D eigenvalue weighted by molar-refractivity contribution is 0.0681. The van der Waals surface area contributed by atoms with Crippen molar-refractivity contribution >= 4 is 0 Å². The molecular weight excluding hydrogens is 196 g/mol. The highest BCUT2D eigenvalue weighted by atomic mass is 15.2. The Morgan fingerprint density at radius 2 is 2.00 bits per heavy atom. The summed E-state index contributed by atoms with van der Waals surface area (Å²) in [5.41, 5.74) is 7.10. The van der Waals surface area contributed by atoms with Crippen LogP contribution in [0.3, 0.4) is 0 Å². The van der Waals surface area contributed by atoms with Gasteiger partial charge in [-0.25, -0.2) is 0 Å². The molecule has 0 amide bonds. The molecule has 0 aliphatic heterocycles. The zero-order valence-electron chi connectivity index (χ0n) is 10.1. The first-order chi connectivity index (χ1) is 7.81. The van der Waals surface area contributed by atoms with Crippen molar-refractivity contribution in [2.45, 2.75) is 32.4 Å². The van der Waals surface area contributed by atoms with E-state index in [1.54, 1.807) is 0 Å². The third kappa shape index (κ3) is 2.63. The van der Waals surface area contributed by atoms with Crippen molar-refractivity contribution in [1.29, 1.82) is 0 Å². The van der Waals surface area contributed by atoms with E-state index in [4.69, 9.17) is 5.73 Å². The Labute approximate surface area is 98.4 Å². The molecule has 2 heteroatoms. The van der Waals surface area contributed by atoms with Crippen molar-refractivity contribution in [2.75, 3.05) is 13.1 Å². The van der Waals surface area contributed by atoms with Crippen LogP contribution in [-0.4, -0.2) is 24.0 Å². The predicted molar refractivity (Wildman–Crippen MR) is 68.1 cm³/mol. The molecule has 1 saturated carbocycles. The molecule has 1 aliphatic rings. The van der Waals surface area contributed by atoms with Gasteiger partial charge in [0.05, 0.1) is 0 Å². The Bertz CT molecular complexity index is 310. The van der Waals surface area contributed by atoms with Gasteiger partial charge < -0.3 is 5.73 Å². The standard InChI is InChI=1S/C14H22N2/c1-12-7-8-14(12)16(10-9-15)11-13-5-3-2-4-6-13/h2-6,12,14H,7-11,15H2,1H3. The summed E-state index contributed by atoms with van der Waals surface area (Å²) in [4.78, 5) is 2.55. The molecule has 1 aromatic rings. The van der Waals surface area contributed by atoms with Crippen molar-refractivity contribution in [3.63, 3.8) is 0 Å². The minimum absolute atomic E-state index is 0.753. The van der Waals surface area contributed by atoms with Gasteiger partial charge in [0.25, 0.3) is 0 Å². The summed E-state index contributed by atoms with van der Waals surface area (Å²) in [6.07, 6.45) is 2.72. The molecule has 0 spiro atoms. The van der Waals surface area contributed by atoms with E-state index in [1.165, 1.54) is 18.4 Å². The van der Waals surface area contributed by atoms with Crippen LogP contribution in [0.1, 0.15) is 25.3 Å². The molecule has 0 saturated heterocycles. The van der Waals surface area contributed by atoms with E-state index in [0.717, 1.165) is 31.6 Å². The number of hydrogen-bond donors (Lipinski definition) is 1. The van der Waals surface area contributed by atoms with Crippen molar-refractivity contribution in [1.82, 2.24) is 4.90 Å². The summed E-state index contributed by atoms with van der Waals surface area (Å²) >= 11 is 0. The van der Waals surface area contributed by atoms with Crippen LogP contribution in [0.5, 0.6) is 0 Å². The lowest BCUT2D eigenvalue weighted by Gasteiger charge is -2.43. The maximum Gasteiger partial charge on any atom is 0.0237 e. The van der Waals surface area contributed by atoms with E-state index >= 15 is 0 Å². The fourth-order valence-corrected chi connectivity index (χ4v) is 2.54. The highest BCUT2D eigenvalue weighted by Gasteiger charge is 2.31. The second-order valence-electron chi connectivity index (χ2n) is 4.87. The largest absolute Gasteiger partial charge is 0.329 e. The highest BCUT2D eigenvalue weighted by molar-refractivity contribution is 5.14. The van der Waals surface area contributed by atoms with Crippen molar-refractivity contribution < 1.29 is 0 Å². The molecule has 1 aliphatic carbocycles. The summed E-state index contributed by atoms with van der Waals surface area (Å²) in [5.74, 6) is 0.843. The first-order valence-electron chi connectivity index (χ1n) is 6.29. The van der Waals surface area contributed by atoms with Gasteiger partial charge in [0, 0.05) is 25.7 Å². The second kappa shape index (κ2) is 5.46. The van der Waals surface area contributed by atoms with E-state index in [9.17, 15) is 0 Å². The van der Waals surface area contributed by atoms with E-state index in [1.807, 2.05) is 0 Å². The third-order valence-corrected chi connectivity index (χ3v) is 3.69. The van der Waals surface area contributed by atoms with Gasteiger partial charge in [0.2, 0.25) is 0 Å². The van der Waals surface area contributed by atoms with E-state index in [2.05, 4.69) is 42.2 Å². The minimum Gasteiger partial charge on any atom is -0.329 e. The minimum atomic E-state index is 0.753. The van der Waals surface area contributed by atoms with E-state index in [-0.39, 0.29) is 0 Å². The Morgan fingerprint density at radius 3 is 2.50 bits per heavy atom. The fraction of sp³-hybridized carbons (Fsp3) is 0.571. The van der Waals surface area contributed by atoms with Gasteiger partial charge in [-0.15, -0.1) is 0 Å². The molecule has 0 heterocycles. The van der Waals surface area contributed by atoms with Crippen molar-refractivity contribution in [2.24, 2.45) is 11.7 Å². The van der Waals surface area contributed by atoms with Crippen molar-refractivity contribution in [3.05, 3.63) is 35.9 Å². The van der Waals surface area contributed by atoms with Crippen LogP contribution in [0.15, 0.2) is 30.3 Å². The maximum atomic E-state index is 5.70. The smallest absolute Gasteiger partial charge is 0.0237 e. The van der Waals surface area contributed by atoms with Gasteiger partial charge in [-0.3, -0.25) is 4.90 Å². The zero-order chi connectivity index (χ0) is 11.4. The molecule has 0 aromatic heterocycles. The summed E-state index contributed by atoms with van der Waals surface area (Å²) in [6, 6.07) is 11.5. The lowest BCUT2D eigenvalue weighted by Crippen LogP contribution is -2.47. The van der Waals surface area contributed by atoms with Crippen LogP contribution in [0.2, 0.25) is 0 Å². The third-order valence-electron chi connectivity index (χ3n) is 3.69. The first kappa shape index (κ1) is 11.6. The quantitative estimate of drug-likeness (QED) is 0.821. The van der Waals surface area contributed by atoms with E-state index < -0.39 is 0 Å².